The summed E-state index contributed by atoms with van der Waals surface area (Å²) in [5.41, 5.74) is 1.14. The number of allylic oxidation sites excluding steroid dienone is 2. The second-order valence-corrected chi connectivity index (χ2v) is 5.13. The van der Waals surface area contributed by atoms with E-state index >= 15 is 0 Å². The fourth-order valence-corrected chi connectivity index (χ4v) is 2.68. The number of hydrogen-bond donors (Lipinski definition) is 2. The molecule has 0 fully saturated rings. The Morgan fingerprint density at radius 1 is 1.05 bits per heavy atom. The van der Waals surface area contributed by atoms with Crippen LogP contribution >= 0.6 is 0 Å². The number of rotatable bonds is 1. The number of carbonyl (C=O) groups is 2. The monoisotopic (exact) mass is 274 g/mol. The largest absolute Gasteiger partial charge is 0.508 e. The quantitative estimate of drug-likeness (QED) is 0.819. The van der Waals surface area contributed by atoms with E-state index in [1.807, 2.05) is 0 Å². The summed E-state index contributed by atoms with van der Waals surface area (Å²) in [6.45, 7) is 0. The Bertz CT molecular complexity index is 609. The molecule has 1 aromatic carbocycles. The molecule has 0 spiro atoms. The minimum atomic E-state index is -0.565. The lowest BCUT2D eigenvalue weighted by atomic mass is 9.88. The van der Waals surface area contributed by atoms with Crippen LogP contribution in [-0.2, 0) is 14.3 Å². The van der Waals surface area contributed by atoms with Crippen LogP contribution in [0.4, 0.5) is 0 Å². The number of ether oxygens (including phenoxy) is 1. The van der Waals surface area contributed by atoms with Gasteiger partial charge >= 0.3 is 0 Å². The van der Waals surface area contributed by atoms with Gasteiger partial charge in [-0.15, -0.1) is 0 Å². The summed E-state index contributed by atoms with van der Waals surface area (Å²) in [5.74, 6) is 0.318. The Balaban J connectivity index is 1.92. The van der Waals surface area contributed by atoms with Crippen LogP contribution in [0.1, 0.15) is 37.4 Å². The van der Waals surface area contributed by atoms with Crippen molar-refractivity contribution in [1.82, 2.24) is 0 Å². The predicted octanol–water partition coefficient (Wildman–Crippen LogP) is 2.14. The third kappa shape index (κ3) is 2.27. The average molecular weight is 274 g/mol. The maximum atomic E-state index is 12.1. The van der Waals surface area contributed by atoms with E-state index in [0.717, 1.165) is 0 Å². The topological polar surface area (TPSA) is 83.8 Å². The second kappa shape index (κ2) is 4.67. The molecule has 3 rings (SSSR count). The molecule has 104 valence electrons. The van der Waals surface area contributed by atoms with E-state index in [1.54, 1.807) is 0 Å². The Morgan fingerprint density at radius 2 is 1.75 bits per heavy atom. The molecule has 1 aromatic rings. The Labute approximate surface area is 115 Å². The number of phenols is 2. The van der Waals surface area contributed by atoms with Crippen LogP contribution in [0.15, 0.2) is 29.5 Å². The third-order valence-electron chi connectivity index (χ3n) is 3.64. The fourth-order valence-electron chi connectivity index (χ4n) is 2.68. The highest BCUT2D eigenvalue weighted by Gasteiger charge is 2.33. The summed E-state index contributed by atoms with van der Waals surface area (Å²) in [6.07, 6.45) is 0.597. The zero-order chi connectivity index (χ0) is 14.3. The van der Waals surface area contributed by atoms with E-state index in [4.69, 9.17) is 4.74 Å². The molecule has 0 bridgehead atoms. The van der Waals surface area contributed by atoms with Gasteiger partial charge in [-0.25, -0.2) is 0 Å². The van der Waals surface area contributed by atoms with Crippen LogP contribution in [0.3, 0.4) is 0 Å². The van der Waals surface area contributed by atoms with Crippen LogP contribution in [0.5, 0.6) is 11.5 Å². The van der Waals surface area contributed by atoms with Crippen molar-refractivity contribution in [3.8, 4) is 11.5 Å². The fraction of sp³-hybridized carbons (Fsp3) is 0.333. The van der Waals surface area contributed by atoms with Crippen molar-refractivity contribution in [2.45, 2.75) is 31.8 Å². The lowest BCUT2D eigenvalue weighted by molar-refractivity contribution is -0.123. The molecule has 1 heterocycles. The Kier molecular flexibility index (Phi) is 2.97. The molecule has 2 aliphatic rings. The highest BCUT2D eigenvalue weighted by molar-refractivity contribution is 6.00. The van der Waals surface area contributed by atoms with Crippen LogP contribution in [0.2, 0.25) is 0 Å². The molecule has 0 radical (unpaired) electrons. The molecule has 0 aromatic heterocycles. The number of benzene rings is 1. The first-order chi connectivity index (χ1) is 9.52. The van der Waals surface area contributed by atoms with Crippen molar-refractivity contribution in [3.63, 3.8) is 0 Å². The molecule has 1 aliphatic carbocycles. The van der Waals surface area contributed by atoms with Crippen molar-refractivity contribution in [2.24, 2.45) is 0 Å². The lowest BCUT2D eigenvalue weighted by Crippen LogP contribution is -2.25. The van der Waals surface area contributed by atoms with E-state index in [-0.39, 0.29) is 35.9 Å². The van der Waals surface area contributed by atoms with Gasteiger partial charge in [0, 0.05) is 23.6 Å². The highest BCUT2D eigenvalue weighted by atomic mass is 16.5. The van der Waals surface area contributed by atoms with Gasteiger partial charge in [0.1, 0.15) is 29.1 Å². The molecule has 1 unspecified atom stereocenters. The molecule has 5 heteroatoms. The maximum absolute atomic E-state index is 12.1. The number of ketones is 2. The third-order valence-corrected chi connectivity index (χ3v) is 3.64. The Morgan fingerprint density at radius 3 is 2.45 bits per heavy atom. The molecular formula is C15H14O5. The molecule has 1 aliphatic heterocycles. The van der Waals surface area contributed by atoms with Crippen LogP contribution in [-0.4, -0.2) is 21.8 Å². The minimum absolute atomic E-state index is 0.0217. The van der Waals surface area contributed by atoms with Crippen molar-refractivity contribution in [1.29, 1.82) is 0 Å². The van der Waals surface area contributed by atoms with Gasteiger partial charge in [0.15, 0.2) is 5.78 Å². The molecule has 0 saturated heterocycles. The minimum Gasteiger partial charge on any atom is -0.508 e. The van der Waals surface area contributed by atoms with Crippen molar-refractivity contribution in [3.05, 3.63) is 35.1 Å². The zero-order valence-corrected chi connectivity index (χ0v) is 10.8. The number of aromatic hydroxyl groups is 2. The summed E-state index contributed by atoms with van der Waals surface area (Å²) >= 11 is 0. The number of Topliss-reactive ketones (excluding diaryl/α,β-unsaturated/α-hetero) is 2. The van der Waals surface area contributed by atoms with Crippen LogP contribution in [0.25, 0.3) is 0 Å². The van der Waals surface area contributed by atoms with Gasteiger partial charge in [0.2, 0.25) is 0 Å². The number of phenolic OH excluding ortho intramolecular Hbond substituents is 2. The summed E-state index contributed by atoms with van der Waals surface area (Å²) in [4.78, 5) is 23.6. The number of hydrogen-bond acceptors (Lipinski definition) is 5. The van der Waals surface area contributed by atoms with Gasteiger partial charge in [-0.3, -0.25) is 9.59 Å². The van der Waals surface area contributed by atoms with Crippen molar-refractivity contribution >= 4 is 11.6 Å². The molecule has 5 nitrogen and oxygen atoms in total. The smallest absolute Gasteiger partial charge is 0.166 e. The maximum Gasteiger partial charge on any atom is 0.166 e. The molecule has 1 atom stereocenters. The van der Waals surface area contributed by atoms with E-state index in [1.165, 1.54) is 18.2 Å². The van der Waals surface area contributed by atoms with Gasteiger partial charge in [-0.2, -0.15) is 0 Å². The molecule has 0 amide bonds. The summed E-state index contributed by atoms with van der Waals surface area (Å²) in [7, 11) is 0. The standard InChI is InChI=1S/C15H14O5/c16-9-1-2-12-13(19)7-14(20-15(12)6-9)8-3-10(17)5-11(18)4-8/h3-5,14,17-18H,1-2,6-7H2. The normalized spacial score (nSPS) is 22.5. The van der Waals surface area contributed by atoms with Gasteiger partial charge in [0.25, 0.3) is 0 Å². The molecule has 0 saturated carbocycles. The van der Waals surface area contributed by atoms with Crippen molar-refractivity contribution in [2.75, 3.05) is 0 Å². The molecule has 2 N–H and O–H groups in total. The van der Waals surface area contributed by atoms with E-state index in [2.05, 4.69) is 0 Å². The highest BCUT2D eigenvalue weighted by Crippen LogP contribution is 2.39. The number of carbonyl (C=O) groups excluding carboxylic acids is 2. The van der Waals surface area contributed by atoms with Crippen LogP contribution in [0, 0.1) is 0 Å². The summed E-state index contributed by atoms with van der Waals surface area (Å²) in [5, 5.41) is 19.0. The first-order valence-electron chi connectivity index (χ1n) is 6.49. The first-order valence-corrected chi connectivity index (χ1v) is 6.49. The zero-order valence-electron chi connectivity index (χ0n) is 10.8. The lowest BCUT2D eigenvalue weighted by Gasteiger charge is -2.30. The van der Waals surface area contributed by atoms with Gasteiger partial charge in [-0.05, 0) is 18.6 Å². The molecular weight excluding hydrogens is 260 g/mol. The van der Waals surface area contributed by atoms with E-state index < -0.39 is 6.10 Å². The van der Waals surface area contributed by atoms with E-state index in [0.29, 0.717) is 29.7 Å². The Hall–Kier alpha value is -2.30. The summed E-state index contributed by atoms with van der Waals surface area (Å²) in [6, 6.07) is 4.12. The van der Waals surface area contributed by atoms with Crippen LogP contribution < -0.4 is 0 Å². The van der Waals surface area contributed by atoms with Gasteiger partial charge < -0.3 is 14.9 Å². The van der Waals surface area contributed by atoms with Gasteiger partial charge in [-0.1, -0.05) is 0 Å². The van der Waals surface area contributed by atoms with Gasteiger partial charge in [0.05, 0.1) is 12.8 Å². The predicted molar refractivity (Wildman–Crippen MR) is 69.1 cm³/mol. The van der Waals surface area contributed by atoms with E-state index in [9.17, 15) is 19.8 Å². The average Bonchev–Trinajstić information content (AvgIpc) is 2.36. The SMILES string of the molecule is O=C1CCC2=C(C1)OC(c1cc(O)cc(O)c1)CC2=O. The first kappa shape index (κ1) is 12.7. The second-order valence-electron chi connectivity index (χ2n) is 5.13. The molecule has 20 heavy (non-hydrogen) atoms. The van der Waals surface area contributed by atoms with Crippen molar-refractivity contribution < 1.29 is 24.5 Å². The summed E-state index contributed by atoms with van der Waals surface area (Å²) < 4.78 is 5.74.